The van der Waals surface area contributed by atoms with Crippen LogP contribution in [0.15, 0.2) is 30.3 Å². The standard InChI is InChI=1S/C18H29NO/c1-14-10-15(2)12-19(11-14)13-18(3,4)17(20)16-8-6-5-7-9-16/h5-9,14-15,17,20H,10-13H2,1-4H3. The summed E-state index contributed by atoms with van der Waals surface area (Å²) >= 11 is 0. The molecule has 3 atom stereocenters. The summed E-state index contributed by atoms with van der Waals surface area (Å²) in [5.74, 6) is 1.53. The minimum absolute atomic E-state index is 0.127. The zero-order valence-corrected chi connectivity index (χ0v) is 13.3. The van der Waals surface area contributed by atoms with E-state index in [2.05, 4.69) is 32.6 Å². The van der Waals surface area contributed by atoms with Crippen molar-refractivity contribution in [2.75, 3.05) is 19.6 Å². The third-order valence-corrected chi connectivity index (χ3v) is 4.43. The number of hydrogen-bond donors (Lipinski definition) is 1. The number of aliphatic hydroxyl groups excluding tert-OH is 1. The van der Waals surface area contributed by atoms with Crippen LogP contribution in [0.5, 0.6) is 0 Å². The van der Waals surface area contributed by atoms with Crippen molar-refractivity contribution in [1.82, 2.24) is 4.90 Å². The molecule has 1 fully saturated rings. The maximum absolute atomic E-state index is 10.7. The van der Waals surface area contributed by atoms with E-state index < -0.39 is 6.10 Å². The smallest absolute Gasteiger partial charge is 0.0853 e. The van der Waals surface area contributed by atoms with Gasteiger partial charge in [-0.15, -0.1) is 0 Å². The lowest BCUT2D eigenvalue weighted by Crippen LogP contribution is -2.45. The minimum Gasteiger partial charge on any atom is -0.388 e. The highest BCUT2D eigenvalue weighted by Crippen LogP contribution is 2.35. The molecule has 0 bridgehead atoms. The fraction of sp³-hybridized carbons (Fsp3) is 0.667. The summed E-state index contributed by atoms with van der Waals surface area (Å²) in [6, 6.07) is 10.0. The summed E-state index contributed by atoms with van der Waals surface area (Å²) < 4.78 is 0. The Balaban J connectivity index is 2.03. The van der Waals surface area contributed by atoms with Gasteiger partial charge in [0.25, 0.3) is 0 Å². The highest BCUT2D eigenvalue weighted by Gasteiger charge is 2.33. The average molecular weight is 275 g/mol. The van der Waals surface area contributed by atoms with Gasteiger partial charge in [0.1, 0.15) is 0 Å². The van der Waals surface area contributed by atoms with Crippen LogP contribution in [0.25, 0.3) is 0 Å². The lowest BCUT2D eigenvalue weighted by atomic mass is 9.81. The number of hydrogen-bond acceptors (Lipinski definition) is 2. The number of benzene rings is 1. The van der Waals surface area contributed by atoms with Gasteiger partial charge in [-0.2, -0.15) is 0 Å². The van der Waals surface area contributed by atoms with Crippen molar-refractivity contribution in [3.8, 4) is 0 Å². The molecule has 1 aliphatic heterocycles. The molecule has 20 heavy (non-hydrogen) atoms. The van der Waals surface area contributed by atoms with Crippen molar-refractivity contribution in [2.24, 2.45) is 17.3 Å². The normalized spacial score (nSPS) is 26.4. The number of nitrogens with zero attached hydrogens (tertiary/aromatic N) is 1. The van der Waals surface area contributed by atoms with Crippen LogP contribution in [0.1, 0.15) is 45.8 Å². The first-order chi connectivity index (χ1) is 9.38. The molecular weight excluding hydrogens is 246 g/mol. The van der Waals surface area contributed by atoms with Gasteiger partial charge in [0.05, 0.1) is 6.10 Å². The van der Waals surface area contributed by atoms with Gasteiger partial charge < -0.3 is 10.0 Å². The van der Waals surface area contributed by atoms with Crippen LogP contribution in [0.4, 0.5) is 0 Å². The molecule has 1 N–H and O–H groups in total. The van der Waals surface area contributed by atoms with E-state index in [0.29, 0.717) is 0 Å². The van der Waals surface area contributed by atoms with E-state index in [9.17, 15) is 5.11 Å². The number of rotatable bonds is 4. The number of likely N-dealkylation sites (tertiary alicyclic amines) is 1. The summed E-state index contributed by atoms with van der Waals surface area (Å²) in [5, 5.41) is 10.7. The number of piperidine rings is 1. The highest BCUT2D eigenvalue weighted by atomic mass is 16.3. The zero-order chi connectivity index (χ0) is 14.8. The Morgan fingerprint density at radius 3 is 2.25 bits per heavy atom. The van der Waals surface area contributed by atoms with Gasteiger partial charge in [-0.25, -0.2) is 0 Å². The van der Waals surface area contributed by atoms with Gasteiger partial charge in [0, 0.05) is 25.0 Å². The molecule has 0 radical (unpaired) electrons. The maximum atomic E-state index is 10.7. The first-order valence-electron chi connectivity index (χ1n) is 7.84. The van der Waals surface area contributed by atoms with E-state index >= 15 is 0 Å². The fourth-order valence-electron chi connectivity index (χ4n) is 3.67. The Labute approximate surface area is 123 Å². The topological polar surface area (TPSA) is 23.5 Å². The molecule has 1 aromatic rings. The molecule has 0 spiro atoms. The van der Waals surface area contributed by atoms with Crippen LogP contribution < -0.4 is 0 Å². The van der Waals surface area contributed by atoms with Gasteiger partial charge in [-0.1, -0.05) is 58.0 Å². The van der Waals surface area contributed by atoms with Crippen LogP contribution in [0, 0.1) is 17.3 Å². The monoisotopic (exact) mass is 275 g/mol. The maximum Gasteiger partial charge on any atom is 0.0853 e. The summed E-state index contributed by atoms with van der Waals surface area (Å²) in [6.45, 7) is 12.3. The van der Waals surface area contributed by atoms with Crippen LogP contribution in [0.3, 0.4) is 0 Å². The van der Waals surface area contributed by atoms with Crippen LogP contribution in [-0.2, 0) is 0 Å². The Hall–Kier alpha value is -0.860. The van der Waals surface area contributed by atoms with E-state index in [1.54, 1.807) is 0 Å². The van der Waals surface area contributed by atoms with Gasteiger partial charge in [0.2, 0.25) is 0 Å². The molecule has 1 heterocycles. The molecule has 3 unspecified atom stereocenters. The second-order valence-corrected chi connectivity index (χ2v) is 7.44. The molecule has 0 aliphatic carbocycles. The Morgan fingerprint density at radius 2 is 1.70 bits per heavy atom. The van der Waals surface area contributed by atoms with E-state index in [1.165, 1.54) is 6.42 Å². The molecule has 2 heteroatoms. The van der Waals surface area contributed by atoms with Crippen molar-refractivity contribution in [3.05, 3.63) is 35.9 Å². The number of aliphatic hydroxyl groups is 1. The SMILES string of the molecule is CC1CC(C)CN(CC(C)(C)C(O)c2ccccc2)C1. The summed E-state index contributed by atoms with van der Waals surface area (Å²) in [4.78, 5) is 2.53. The van der Waals surface area contributed by atoms with Crippen molar-refractivity contribution >= 4 is 0 Å². The predicted octanol–water partition coefficient (Wildman–Crippen LogP) is 3.72. The molecular formula is C18H29NO. The molecule has 1 aliphatic rings. The minimum atomic E-state index is -0.406. The van der Waals surface area contributed by atoms with Crippen LogP contribution in [0.2, 0.25) is 0 Å². The van der Waals surface area contributed by atoms with Crippen molar-refractivity contribution in [1.29, 1.82) is 0 Å². The van der Waals surface area contributed by atoms with Gasteiger partial charge in [0.15, 0.2) is 0 Å². The van der Waals surface area contributed by atoms with E-state index in [4.69, 9.17) is 0 Å². The molecule has 2 nitrogen and oxygen atoms in total. The first kappa shape index (κ1) is 15.5. The second-order valence-electron chi connectivity index (χ2n) is 7.44. The van der Waals surface area contributed by atoms with Crippen molar-refractivity contribution < 1.29 is 5.11 Å². The lowest BCUT2D eigenvalue weighted by Gasteiger charge is -2.41. The Bertz CT molecular complexity index is 405. The molecule has 1 saturated heterocycles. The Kier molecular flexibility index (Phi) is 4.87. The Morgan fingerprint density at radius 1 is 1.15 bits per heavy atom. The van der Waals surface area contributed by atoms with E-state index in [0.717, 1.165) is 37.0 Å². The molecule has 112 valence electrons. The fourth-order valence-corrected chi connectivity index (χ4v) is 3.67. The van der Waals surface area contributed by atoms with E-state index in [1.807, 2.05) is 30.3 Å². The third-order valence-electron chi connectivity index (χ3n) is 4.43. The largest absolute Gasteiger partial charge is 0.388 e. The first-order valence-corrected chi connectivity index (χ1v) is 7.84. The summed E-state index contributed by atoms with van der Waals surface area (Å²) in [5.41, 5.74) is 0.897. The predicted molar refractivity (Wildman–Crippen MR) is 84.6 cm³/mol. The molecule has 1 aromatic carbocycles. The average Bonchev–Trinajstić information content (AvgIpc) is 2.37. The highest BCUT2D eigenvalue weighted by molar-refractivity contribution is 5.19. The molecule has 0 amide bonds. The van der Waals surface area contributed by atoms with Gasteiger partial charge in [-0.3, -0.25) is 0 Å². The summed E-state index contributed by atoms with van der Waals surface area (Å²) in [7, 11) is 0. The second kappa shape index (κ2) is 6.28. The molecule has 2 rings (SSSR count). The van der Waals surface area contributed by atoms with Crippen LogP contribution >= 0.6 is 0 Å². The van der Waals surface area contributed by atoms with Gasteiger partial charge in [-0.05, 0) is 23.8 Å². The van der Waals surface area contributed by atoms with Crippen molar-refractivity contribution in [3.63, 3.8) is 0 Å². The van der Waals surface area contributed by atoms with E-state index in [-0.39, 0.29) is 5.41 Å². The molecule has 0 saturated carbocycles. The lowest BCUT2D eigenvalue weighted by molar-refractivity contribution is 0.00412. The summed E-state index contributed by atoms with van der Waals surface area (Å²) in [6.07, 6.45) is 0.925. The third kappa shape index (κ3) is 3.83. The van der Waals surface area contributed by atoms with Crippen molar-refractivity contribution in [2.45, 2.75) is 40.2 Å². The van der Waals surface area contributed by atoms with Crippen LogP contribution in [-0.4, -0.2) is 29.6 Å². The van der Waals surface area contributed by atoms with Gasteiger partial charge >= 0.3 is 0 Å². The zero-order valence-electron chi connectivity index (χ0n) is 13.3. The quantitative estimate of drug-likeness (QED) is 0.905. The molecule has 0 aromatic heterocycles.